The topological polar surface area (TPSA) is 122 Å². The SMILES string of the molecule is COc1c(Cl)cc(C2(C(=O)O)NN(c3ccc(S(N)(=O)=O)cc3)C=C2C)cc1Cl. The number of aliphatic carboxylic acids is 1. The predicted octanol–water partition coefficient (Wildman–Crippen LogP) is 2.86. The van der Waals surface area contributed by atoms with Gasteiger partial charge in [-0.2, -0.15) is 0 Å². The Kier molecular flexibility index (Phi) is 5.54. The van der Waals surface area contributed by atoms with E-state index in [1.807, 2.05) is 0 Å². The van der Waals surface area contributed by atoms with Gasteiger partial charge in [0, 0.05) is 6.20 Å². The Morgan fingerprint density at radius 2 is 1.76 bits per heavy atom. The van der Waals surface area contributed by atoms with Crippen LogP contribution in [0, 0.1) is 0 Å². The Bertz CT molecular complexity index is 1100. The molecule has 0 saturated carbocycles. The molecular formula is C18H17Cl2N3O5S. The Morgan fingerprint density at radius 3 is 2.21 bits per heavy atom. The van der Waals surface area contributed by atoms with Crippen molar-refractivity contribution < 1.29 is 23.1 Å². The van der Waals surface area contributed by atoms with Crippen molar-refractivity contribution in [3.05, 3.63) is 63.8 Å². The highest BCUT2D eigenvalue weighted by Gasteiger charge is 2.48. The Hall–Kier alpha value is -2.30. The number of anilines is 1. The lowest BCUT2D eigenvalue weighted by atomic mass is 9.85. The Morgan fingerprint density at radius 1 is 1.21 bits per heavy atom. The van der Waals surface area contributed by atoms with Crippen LogP contribution in [0.3, 0.4) is 0 Å². The molecule has 0 amide bonds. The second kappa shape index (κ2) is 7.51. The van der Waals surface area contributed by atoms with Gasteiger partial charge in [-0.05, 0) is 54.5 Å². The van der Waals surface area contributed by atoms with E-state index in [0.29, 0.717) is 16.8 Å². The lowest BCUT2D eigenvalue weighted by Crippen LogP contribution is -2.51. The first kappa shape index (κ1) is 21.4. The van der Waals surface area contributed by atoms with Crippen LogP contribution >= 0.6 is 23.2 Å². The number of nitrogens with two attached hydrogens (primary N) is 1. The summed E-state index contributed by atoms with van der Waals surface area (Å²) >= 11 is 12.4. The van der Waals surface area contributed by atoms with Crippen molar-refractivity contribution in [1.82, 2.24) is 5.43 Å². The number of nitrogens with one attached hydrogen (secondary N) is 1. The molecule has 0 aromatic heterocycles. The molecule has 8 nitrogen and oxygen atoms in total. The molecule has 2 aromatic rings. The zero-order valence-electron chi connectivity index (χ0n) is 15.3. The summed E-state index contributed by atoms with van der Waals surface area (Å²) in [6.07, 6.45) is 1.59. The van der Waals surface area contributed by atoms with Gasteiger partial charge in [0.05, 0.1) is 27.7 Å². The van der Waals surface area contributed by atoms with Gasteiger partial charge in [-0.3, -0.25) is 5.01 Å². The number of sulfonamides is 1. The number of nitrogens with zero attached hydrogens (tertiary/aromatic N) is 1. The molecular weight excluding hydrogens is 441 g/mol. The lowest BCUT2D eigenvalue weighted by Gasteiger charge is -2.30. The van der Waals surface area contributed by atoms with Crippen molar-refractivity contribution in [2.24, 2.45) is 5.14 Å². The molecule has 0 bridgehead atoms. The molecule has 1 unspecified atom stereocenters. The average molecular weight is 458 g/mol. The van der Waals surface area contributed by atoms with Crippen molar-refractivity contribution in [2.45, 2.75) is 17.4 Å². The molecule has 0 fully saturated rings. The quantitative estimate of drug-likeness (QED) is 0.630. The first-order valence-corrected chi connectivity index (χ1v) is 10.5. The van der Waals surface area contributed by atoms with E-state index >= 15 is 0 Å². The number of hydrogen-bond donors (Lipinski definition) is 3. The van der Waals surface area contributed by atoms with E-state index in [4.69, 9.17) is 33.1 Å². The minimum atomic E-state index is -3.84. The zero-order chi connectivity index (χ0) is 21.6. The molecule has 29 heavy (non-hydrogen) atoms. The zero-order valence-corrected chi connectivity index (χ0v) is 17.6. The van der Waals surface area contributed by atoms with Gasteiger partial charge in [0.2, 0.25) is 10.0 Å². The maximum Gasteiger partial charge on any atom is 0.334 e. The Balaban J connectivity index is 2.05. The second-order valence-corrected chi connectivity index (χ2v) is 8.74. The van der Waals surface area contributed by atoms with Crippen LogP contribution in [0.1, 0.15) is 12.5 Å². The van der Waals surface area contributed by atoms with Gasteiger partial charge in [0.15, 0.2) is 11.3 Å². The van der Waals surface area contributed by atoms with Crippen molar-refractivity contribution in [1.29, 1.82) is 0 Å². The van der Waals surface area contributed by atoms with Crippen LogP contribution in [0.5, 0.6) is 5.75 Å². The summed E-state index contributed by atoms with van der Waals surface area (Å²) in [6, 6.07) is 8.61. The van der Waals surface area contributed by atoms with Crippen molar-refractivity contribution >= 4 is 44.9 Å². The molecule has 1 aliphatic heterocycles. The van der Waals surface area contributed by atoms with E-state index in [-0.39, 0.29) is 20.7 Å². The Labute approximate surface area is 177 Å². The van der Waals surface area contributed by atoms with Crippen molar-refractivity contribution in [2.75, 3.05) is 12.1 Å². The number of halogens is 2. The number of rotatable bonds is 5. The van der Waals surface area contributed by atoms with Gasteiger partial charge < -0.3 is 9.84 Å². The third kappa shape index (κ3) is 3.67. The molecule has 154 valence electrons. The van der Waals surface area contributed by atoms with E-state index in [2.05, 4.69) is 5.43 Å². The molecule has 2 aromatic carbocycles. The van der Waals surface area contributed by atoms with Crippen LogP contribution in [0.15, 0.2) is 53.1 Å². The number of carboxylic acid groups (broad SMARTS) is 1. The van der Waals surface area contributed by atoms with E-state index in [1.54, 1.807) is 13.1 Å². The first-order chi connectivity index (χ1) is 13.5. The standard InChI is InChI=1S/C18H17Cl2N3O5S/c1-10-9-23(12-3-5-13(6-4-12)29(21,26)27)22-18(10,17(24)25)11-7-14(19)16(28-2)15(20)8-11/h3-9,22H,1-2H3,(H,24,25)(H2,21,26,27). The first-order valence-electron chi connectivity index (χ1n) is 8.16. The minimum absolute atomic E-state index is 0.0561. The molecule has 1 atom stereocenters. The maximum absolute atomic E-state index is 12.3. The van der Waals surface area contributed by atoms with Gasteiger partial charge in [-0.15, -0.1) is 0 Å². The summed E-state index contributed by atoms with van der Waals surface area (Å²) in [5, 5.41) is 17.0. The molecule has 3 rings (SSSR count). The summed E-state index contributed by atoms with van der Waals surface area (Å²) in [5.74, 6) is -0.931. The fraction of sp³-hybridized carbons (Fsp3) is 0.167. The summed E-state index contributed by atoms with van der Waals surface area (Å²) in [7, 11) is -2.43. The molecule has 1 heterocycles. The van der Waals surface area contributed by atoms with E-state index < -0.39 is 21.5 Å². The average Bonchev–Trinajstić information content (AvgIpc) is 2.99. The number of hydrogen-bond acceptors (Lipinski definition) is 6. The third-order valence-corrected chi connectivity index (χ3v) is 6.09. The number of carbonyl (C=O) groups is 1. The van der Waals surface area contributed by atoms with Gasteiger partial charge in [0.1, 0.15) is 0 Å². The van der Waals surface area contributed by atoms with Gasteiger partial charge in [-0.1, -0.05) is 23.2 Å². The van der Waals surface area contributed by atoms with Crippen LogP contribution in [-0.2, 0) is 20.4 Å². The molecule has 0 radical (unpaired) electrons. The van der Waals surface area contributed by atoms with Crippen LogP contribution in [-0.4, -0.2) is 26.6 Å². The smallest absolute Gasteiger partial charge is 0.334 e. The summed E-state index contributed by atoms with van der Waals surface area (Å²) < 4.78 is 28.0. The molecule has 0 saturated heterocycles. The van der Waals surface area contributed by atoms with Crippen LogP contribution in [0.25, 0.3) is 0 Å². The molecule has 11 heteroatoms. The number of primary sulfonamides is 1. The largest absolute Gasteiger partial charge is 0.494 e. The minimum Gasteiger partial charge on any atom is -0.494 e. The lowest BCUT2D eigenvalue weighted by molar-refractivity contribution is -0.143. The normalized spacial score (nSPS) is 19.2. The van der Waals surface area contributed by atoms with Crippen molar-refractivity contribution in [3.8, 4) is 5.75 Å². The van der Waals surface area contributed by atoms with E-state index in [9.17, 15) is 18.3 Å². The second-order valence-electron chi connectivity index (χ2n) is 6.36. The third-order valence-electron chi connectivity index (χ3n) is 4.60. The van der Waals surface area contributed by atoms with E-state index in [1.165, 1.54) is 48.5 Å². The van der Waals surface area contributed by atoms with Crippen LogP contribution < -0.4 is 20.3 Å². The number of carboxylic acids is 1. The van der Waals surface area contributed by atoms with Gasteiger partial charge in [-0.25, -0.2) is 23.8 Å². The predicted molar refractivity (Wildman–Crippen MR) is 110 cm³/mol. The van der Waals surface area contributed by atoms with E-state index in [0.717, 1.165) is 0 Å². The maximum atomic E-state index is 12.3. The molecule has 1 aliphatic rings. The summed E-state index contributed by atoms with van der Waals surface area (Å²) in [4.78, 5) is 12.3. The highest BCUT2D eigenvalue weighted by Crippen LogP contribution is 2.42. The number of methoxy groups -OCH3 is 1. The van der Waals surface area contributed by atoms with Gasteiger partial charge >= 0.3 is 5.97 Å². The molecule has 0 aliphatic carbocycles. The number of benzene rings is 2. The van der Waals surface area contributed by atoms with Crippen LogP contribution in [0.2, 0.25) is 10.0 Å². The highest BCUT2D eigenvalue weighted by molar-refractivity contribution is 7.89. The molecule has 0 spiro atoms. The monoisotopic (exact) mass is 457 g/mol. The van der Waals surface area contributed by atoms with Crippen LogP contribution in [0.4, 0.5) is 5.69 Å². The fourth-order valence-corrected chi connectivity index (χ4v) is 4.29. The summed E-state index contributed by atoms with van der Waals surface area (Å²) in [5.41, 5.74) is 2.56. The van der Waals surface area contributed by atoms with Crippen molar-refractivity contribution in [3.63, 3.8) is 0 Å². The highest BCUT2D eigenvalue weighted by atomic mass is 35.5. The molecule has 4 N–H and O–H groups in total. The summed E-state index contributed by atoms with van der Waals surface area (Å²) in [6.45, 7) is 1.64. The van der Waals surface area contributed by atoms with Gasteiger partial charge in [0.25, 0.3) is 0 Å². The number of hydrazine groups is 1. The fourth-order valence-electron chi connectivity index (χ4n) is 3.13. The number of ether oxygens (including phenoxy) is 1.